The first-order chi connectivity index (χ1) is 12.8. The van der Waals surface area contributed by atoms with Gasteiger partial charge in [-0.05, 0) is 24.6 Å². The second-order valence-corrected chi connectivity index (χ2v) is 8.62. The summed E-state index contributed by atoms with van der Waals surface area (Å²) < 4.78 is 39.9. The van der Waals surface area contributed by atoms with Gasteiger partial charge in [-0.15, -0.1) is 0 Å². The normalized spacial score (nSPS) is 22.3. The van der Waals surface area contributed by atoms with Gasteiger partial charge in [-0.2, -0.15) is 4.31 Å². The van der Waals surface area contributed by atoms with Gasteiger partial charge >= 0.3 is 6.03 Å². The molecule has 148 valence electrons. The molecule has 2 aliphatic rings. The molecule has 1 aromatic rings. The predicted octanol–water partition coefficient (Wildman–Crippen LogP) is 0.810. The van der Waals surface area contributed by atoms with Crippen molar-refractivity contribution in [3.63, 3.8) is 0 Å². The molecule has 3 amide bonds. The van der Waals surface area contributed by atoms with Crippen LogP contribution in [0, 0.1) is 5.82 Å². The summed E-state index contributed by atoms with van der Waals surface area (Å²) >= 11 is 0. The number of nitrogens with zero attached hydrogens (tertiary/aromatic N) is 3. The Balaban J connectivity index is 1.59. The van der Waals surface area contributed by atoms with Crippen molar-refractivity contribution in [1.29, 1.82) is 0 Å². The van der Waals surface area contributed by atoms with Gasteiger partial charge in [-0.1, -0.05) is 19.4 Å². The van der Waals surface area contributed by atoms with Crippen molar-refractivity contribution in [3.8, 4) is 0 Å². The third kappa shape index (κ3) is 4.12. The second kappa shape index (κ2) is 7.91. The highest BCUT2D eigenvalue weighted by atomic mass is 32.2. The number of carbonyl (C=O) groups is 2. The summed E-state index contributed by atoms with van der Waals surface area (Å²) in [5, 5.41) is 2.67. The lowest BCUT2D eigenvalue weighted by Crippen LogP contribution is -2.52. The lowest BCUT2D eigenvalue weighted by atomic mass is 10.2. The highest BCUT2D eigenvalue weighted by Crippen LogP contribution is 2.19. The minimum absolute atomic E-state index is 0.0764. The number of halogens is 1. The van der Waals surface area contributed by atoms with Gasteiger partial charge in [0.2, 0.25) is 10.0 Å². The molecule has 0 bridgehead atoms. The van der Waals surface area contributed by atoms with E-state index in [0.29, 0.717) is 19.5 Å². The predicted molar refractivity (Wildman–Crippen MR) is 95.7 cm³/mol. The summed E-state index contributed by atoms with van der Waals surface area (Å²) in [6.45, 7) is 3.26. The summed E-state index contributed by atoms with van der Waals surface area (Å²) in [6, 6.07) is 4.05. The van der Waals surface area contributed by atoms with E-state index in [0.717, 1.165) is 12.5 Å². The highest BCUT2D eigenvalue weighted by molar-refractivity contribution is 7.89. The molecule has 1 aromatic carbocycles. The fourth-order valence-corrected chi connectivity index (χ4v) is 4.74. The Morgan fingerprint density at radius 3 is 2.52 bits per heavy atom. The van der Waals surface area contributed by atoms with Gasteiger partial charge in [0, 0.05) is 26.2 Å². The van der Waals surface area contributed by atoms with Crippen LogP contribution in [0.3, 0.4) is 0 Å². The van der Waals surface area contributed by atoms with E-state index in [2.05, 4.69) is 5.32 Å². The molecule has 2 saturated heterocycles. The van der Waals surface area contributed by atoms with E-state index in [-0.39, 0.29) is 30.6 Å². The average molecular weight is 398 g/mol. The summed E-state index contributed by atoms with van der Waals surface area (Å²) in [5.41, 5.74) is 0. The Labute approximate surface area is 158 Å². The fourth-order valence-electron chi connectivity index (χ4n) is 3.28. The number of amides is 3. The van der Waals surface area contributed by atoms with E-state index in [1.807, 2.05) is 11.8 Å². The fraction of sp³-hybridized carbons (Fsp3) is 0.529. The summed E-state index contributed by atoms with van der Waals surface area (Å²) in [6.07, 6.45) is 1.39. The Kier molecular flexibility index (Phi) is 5.78. The number of rotatable bonds is 6. The first kappa shape index (κ1) is 19.7. The van der Waals surface area contributed by atoms with Gasteiger partial charge in [0.05, 0.1) is 11.6 Å². The van der Waals surface area contributed by atoms with E-state index < -0.39 is 27.9 Å². The number of sulfonamides is 1. The van der Waals surface area contributed by atoms with Crippen molar-refractivity contribution in [2.75, 3.05) is 32.8 Å². The summed E-state index contributed by atoms with van der Waals surface area (Å²) in [4.78, 5) is 27.3. The smallest absolute Gasteiger partial charge is 0.325 e. The van der Waals surface area contributed by atoms with Gasteiger partial charge in [-0.3, -0.25) is 9.69 Å². The SMILES string of the molecule is CCC[C@@H]1NC(=O)N(CN2CCN(S(=O)(=O)c3cccc(F)c3)CC2)C1=O. The van der Waals surface area contributed by atoms with Crippen LogP contribution >= 0.6 is 0 Å². The Hall–Kier alpha value is -2.04. The Morgan fingerprint density at radius 2 is 1.89 bits per heavy atom. The first-order valence-corrected chi connectivity index (χ1v) is 10.4. The van der Waals surface area contributed by atoms with Crippen LogP contribution < -0.4 is 5.32 Å². The lowest BCUT2D eigenvalue weighted by Gasteiger charge is -2.35. The third-order valence-electron chi connectivity index (χ3n) is 4.79. The molecule has 0 aliphatic carbocycles. The molecule has 3 rings (SSSR count). The second-order valence-electron chi connectivity index (χ2n) is 6.68. The molecule has 0 saturated carbocycles. The third-order valence-corrected chi connectivity index (χ3v) is 6.69. The number of imide groups is 1. The molecule has 10 heteroatoms. The van der Waals surface area contributed by atoms with Crippen LogP contribution in [0.2, 0.25) is 0 Å². The molecular formula is C17H23FN4O4S. The number of piperazine rings is 1. The number of nitrogens with one attached hydrogen (secondary N) is 1. The van der Waals surface area contributed by atoms with Crippen molar-refractivity contribution >= 4 is 22.0 Å². The topological polar surface area (TPSA) is 90.0 Å². The van der Waals surface area contributed by atoms with Crippen LogP contribution in [0.15, 0.2) is 29.2 Å². The lowest BCUT2D eigenvalue weighted by molar-refractivity contribution is -0.129. The first-order valence-electron chi connectivity index (χ1n) is 8.93. The summed E-state index contributed by atoms with van der Waals surface area (Å²) in [5.74, 6) is -0.841. The highest BCUT2D eigenvalue weighted by Gasteiger charge is 2.39. The van der Waals surface area contributed by atoms with Crippen LogP contribution in [0.25, 0.3) is 0 Å². The molecule has 2 fully saturated rings. The number of hydrogen-bond donors (Lipinski definition) is 1. The average Bonchev–Trinajstić information content (AvgIpc) is 2.90. The van der Waals surface area contributed by atoms with E-state index in [4.69, 9.17) is 0 Å². The van der Waals surface area contributed by atoms with Crippen molar-refractivity contribution in [2.45, 2.75) is 30.7 Å². The van der Waals surface area contributed by atoms with E-state index >= 15 is 0 Å². The monoisotopic (exact) mass is 398 g/mol. The van der Waals surface area contributed by atoms with Crippen molar-refractivity contribution in [2.24, 2.45) is 0 Å². The molecule has 2 heterocycles. The molecule has 27 heavy (non-hydrogen) atoms. The maximum Gasteiger partial charge on any atom is 0.325 e. The maximum atomic E-state index is 13.3. The molecular weight excluding hydrogens is 375 g/mol. The molecule has 1 N–H and O–H groups in total. The molecule has 1 atom stereocenters. The molecule has 0 spiro atoms. The van der Waals surface area contributed by atoms with Gasteiger partial charge < -0.3 is 5.32 Å². The van der Waals surface area contributed by atoms with Crippen LogP contribution in [0.4, 0.5) is 9.18 Å². The summed E-state index contributed by atoms with van der Waals surface area (Å²) in [7, 11) is -3.77. The van der Waals surface area contributed by atoms with Crippen LogP contribution in [-0.2, 0) is 14.8 Å². The minimum Gasteiger partial charge on any atom is -0.326 e. The Bertz CT molecular complexity index is 824. The number of urea groups is 1. The van der Waals surface area contributed by atoms with Gasteiger partial charge in [0.15, 0.2) is 0 Å². The van der Waals surface area contributed by atoms with E-state index in [1.54, 1.807) is 0 Å². The zero-order valence-corrected chi connectivity index (χ0v) is 15.9. The molecule has 2 aliphatic heterocycles. The molecule has 0 aromatic heterocycles. The van der Waals surface area contributed by atoms with Crippen molar-refractivity contribution < 1.29 is 22.4 Å². The standard InChI is InChI=1S/C17H23FN4O4S/c1-2-4-15-16(23)22(17(24)19-15)12-20-7-9-21(10-8-20)27(25,26)14-6-3-5-13(18)11-14/h3,5-6,11,15H,2,4,7-10,12H2,1H3,(H,19,24)/t15-/m0/s1. The maximum absolute atomic E-state index is 13.3. The Morgan fingerprint density at radius 1 is 1.19 bits per heavy atom. The zero-order chi connectivity index (χ0) is 19.6. The van der Waals surface area contributed by atoms with Gasteiger partial charge in [-0.25, -0.2) is 22.5 Å². The van der Waals surface area contributed by atoms with Gasteiger partial charge in [0.25, 0.3) is 5.91 Å². The van der Waals surface area contributed by atoms with Crippen molar-refractivity contribution in [3.05, 3.63) is 30.1 Å². The van der Waals surface area contributed by atoms with Crippen LogP contribution in [0.1, 0.15) is 19.8 Å². The van der Waals surface area contributed by atoms with E-state index in [9.17, 15) is 22.4 Å². The molecule has 0 unspecified atom stereocenters. The molecule has 0 radical (unpaired) electrons. The van der Waals surface area contributed by atoms with Crippen molar-refractivity contribution in [1.82, 2.24) is 19.4 Å². The van der Waals surface area contributed by atoms with Crippen LogP contribution in [0.5, 0.6) is 0 Å². The zero-order valence-electron chi connectivity index (χ0n) is 15.1. The number of hydrogen-bond acceptors (Lipinski definition) is 5. The quantitative estimate of drug-likeness (QED) is 0.717. The van der Waals surface area contributed by atoms with Crippen LogP contribution in [-0.4, -0.2) is 73.4 Å². The number of benzene rings is 1. The largest absolute Gasteiger partial charge is 0.326 e. The minimum atomic E-state index is -3.77. The number of carbonyl (C=O) groups excluding carboxylic acids is 2. The van der Waals surface area contributed by atoms with E-state index in [1.165, 1.54) is 27.4 Å². The van der Waals surface area contributed by atoms with Gasteiger partial charge in [0.1, 0.15) is 11.9 Å². The molecule has 8 nitrogen and oxygen atoms in total.